The van der Waals surface area contributed by atoms with Crippen molar-refractivity contribution in [3.05, 3.63) is 35.9 Å². The number of carbonyl (C=O) groups excluding carboxylic acids is 2. The summed E-state index contributed by atoms with van der Waals surface area (Å²) < 4.78 is 0. The number of amides is 2. The first kappa shape index (κ1) is 22.7. The quantitative estimate of drug-likeness (QED) is 0.411. The molecule has 4 N–H and O–H groups in total. The van der Waals surface area contributed by atoms with Crippen molar-refractivity contribution in [3.63, 3.8) is 0 Å². The SMILES string of the molecule is CCc1ccccc1.NC(=O)S.NC(=O)S.[H-].[K+]. The molecule has 1 aromatic rings. The fraction of sp³-hybridized carbons (Fsp3) is 0.200. The van der Waals surface area contributed by atoms with E-state index in [0.717, 1.165) is 6.42 Å². The van der Waals surface area contributed by atoms with E-state index >= 15 is 0 Å². The maximum atomic E-state index is 9.09. The molecule has 17 heavy (non-hydrogen) atoms. The van der Waals surface area contributed by atoms with E-state index in [0.29, 0.717) is 0 Å². The van der Waals surface area contributed by atoms with Gasteiger partial charge in [0, 0.05) is 0 Å². The van der Waals surface area contributed by atoms with E-state index in [4.69, 9.17) is 9.59 Å². The molecule has 0 saturated carbocycles. The summed E-state index contributed by atoms with van der Waals surface area (Å²) in [5.74, 6) is 0. The third-order valence-corrected chi connectivity index (χ3v) is 1.25. The van der Waals surface area contributed by atoms with Gasteiger partial charge in [-0.05, 0) is 12.0 Å². The summed E-state index contributed by atoms with van der Waals surface area (Å²) in [4.78, 5) is 18.2. The number of benzene rings is 1. The van der Waals surface area contributed by atoms with Gasteiger partial charge in [-0.15, -0.1) is 0 Å². The third kappa shape index (κ3) is 31.5. The topological polar surface area (TPSA) is 86.2 Å². The van der Waals surface area contributed by atoms with E-state index in [2.05, 4.69) is 67.9 Å². The van der Waals surface area contributed by atoms with Crippen LogP contribution in [0.15, 0.2) is 30.3 Å². The molecule has 1 aromatic carbocycles. The number of aryl methyl sites for hydroxylation is 1. The van der Waals surface area contributed by atoms with Gasteiger partial charge in [0.25, 0.3) is 10.5 Å². The van der Waals surface area contributed by atoms with Crippen LogP contribution in [-0.2, 0) is 6.42 Å². The van der Waals surface area contributed by atoms with Crippen molar-refractivity contribution in [1.29, 1.82) is 0 Å². The van der Waals surface area contributed by atoms with Gasteiger partial charge in [0.1, 0.15) is 0 Å². The zero-order valence-electron chi connectivity index (χ0n) is 11.0. The van der Waals surface area contributed by atoms with Crippen molar-refractivity contribution in [1.82, 2.24) is 0 Å². The fourth-order valence-corrected chi connectivity index (χ4v) is 0.714. The van der Waals surface area contributed by atoms with Crippen LogP contribution in [0.1, 0.15) is 13.9 Å². The second-order valence-corrected chi connectivity index (χ2v) is 3.40. The summed E-state index contributed by atoms with van der Waals surface area (Å²) in [5.41, 5.74) is 10.1. The molecule has 0 saturated heterocycles. The van der Waals surface area contributed by atoms with Crippen LogP contribution in [0.25, 0.3) is 0 Å². The number of primary amides is 2. The van der Waals surface area contributed by atoms with Crippen molar-refractivity contribution >= 4 is 35.7 Å². The zero-order chi connectivity index (χ0) is 13.0. The number of nitrogens with two attached hydrogens (primary N) is 2. The minimum absolute atomic E-state index is 0. The van der Waals surface area contributed by atoms with E-state index in [1.807, 2.05) is 6.07 Å². The van der Waals surface area contributed by atoms with Gasteiger partial charge in [0.15, 0.2) is 0 Å². The van der Waals surface area contributed by atoms with Gasteiger partial charge >= 0.3 is 51.4 Å². The summed E-state index contributed by atoms with van der Waals surface area (Å²) >= 11 is 6.21. The van der Waals surface area contributed by atoms with Gasteiger partial charge in [-0.3, -0.25) is 9.59 Å². The molecule has 0 aliphatic carbocycles. The molecule has 2 amide bonds. The first-order chi connectivity index (χ1) is 7.40. The molecule has 0 bridgehead atoms. The van der Waals surface area contributed by atoms with Crippen LogP contribution in [-0.4, -0.2) is 10.5 Å². The van der Waals surface area contributed by atoms with Gasteiger partial charge in [-0.2, -0.15) is 0 Å². The predicted octanol–water partition coefficient (Wildman–Crippen LogP) is -0.645. The molecule has 0 unspecified atom stereocenters. The van der Waals surface area contributed by atoms with Gasteiger partial charge in [-0.25, -0.2) is 0 Å². The van der Waals surface area contributed by atoms with Crippen LogP contribution < -0.4 is 62.9 Å². The maximum absolute atomic E-state index is 9.09. The minimum Gasteiger partial charge on any atom is -1.00 e. The summed E-state index contributed by atoms with van der Waals surface area (Å²) in [6, 6.07) is 10.5. The van der Waals surface area contributed by atoms with Crippen LogP contribution in [0.3, 0.4) is 0 Å². The Hall–Kier alpha value is 0.496. The summed E-state index contributed by atoms with van der Waals surface area (Å²) in [6.07, 6.45) is 1.14. The number of thiol groups is 2. The molecule has 0 heterocycles. The Morgan fingerprint density at radius 2 is 1.41 bits per heavy atom. The first-order valence-electron chi connectivity index (χ1n) is 4.40. The Morgan fingerprint density at radius 1 is 1.12 bits per heavy atom. The fourth-order valence-electron chi connectivity index (χ4n) is 0.714. The largest absolute Gasteiger partial charge is 1.00 e. The minimum atomic E-state index is -0.639. The van der Waals surface area contributed by atoms with Crippen LogP contribution in [0, 0.1) is 0 Å². The molecule has 0 spiro atoms. The molecule has 0 fully saturated rings. The summed E-state index contributed by atoms with van der Waals surface area (Å²) in [7, 11) is 0. The summed E-state index contributed by atoms with van der Waals surface area (Å²) in [6.45, 7) is 2.16. The molecule has 7 heteroatoms. The smallest absolute Gasteiger partial charge is 1.00 e. The van der Waals surface area contributed by atoms with Gasteiger partial charge in [0.05, 0.1) is 0 Å². The third-order valence-electron chi connectivity index (χ3n) is 1.25. The average molecular weight is 300 g/mol. The van der Waals surface area contributed by atoms with E-state index in [1.54, 1.807) is 0 Å². The molecule has 92 valence electrons. The van der Waals surface area contributed by atoms with Crippen LogP contribution in [0.5, 0.6) is 0 Å². The van der Waals surface area contributed by atoms with Crippen LogP contribution >= 0.6 is 25.3 Å². The molecular weight excluding hydrogens is 283 g/mol. The second-order valence-electron chi connectivity index (χ2n) is 2.52. The Labute approximate surface area is 157 Å². The molecule has 0 atom stereocenters. The van der Waals surface area contributed by atoms with Crippen LogP contribution in [0.2, 0.25) is 0 Å². The van der Waals surface area contributed by atoms with Crippen molar-refractivity contribution in [3.8, 4) is 0 Å². The molecular formula is C10H17KN2O2S2. The predicted molar refractivity (Wildman–Crippen MR) is 74.1 cm³/mol. The van der Waals surface area contributed by atoms with E-state index < -0.39 is 10.5 Å². The summed E-state index contributed by atoms with van der Waals surface area (Å²) in [5, 5.41) is -1.28. The van der Waals surface area contributed by atoms with Crippen molar-refractivity contribution in [2.45, 2.75) is 13.3 Å². The van der Waals surface area contributed by atoms with Crippen LogP contribution in [0.4, 0.5) is 9.59 Å². The Kier molecular flexibility index (Phi) is 22.0. The monoisotopic (exact) mass is 300 g/mol. The second kappa shape index (κ2) is 16.5. The molecule has 0 aliphatic rings. The van der Waals surface area contributed by atoms with Crippen molar-refractivity contribution in [2.75, 3.05) is 0 Å². The maximum Gasteiger partial charge on any atom is 1.00 e. The number of rotatable bonds is 1. The van der Waals surface area contributed by atoms with Gasteiger partial charge in [0.2, 0.25) is 0 Å². The standard InChI is InChI=1S/C8H10.2CH3NOS.K.H/c1-2-8-6-4-3-5-7-8;2*2-1(3)4;;/h3-7H,2H2,1H3;2*(H3,2,3,4);;/q;;;+1;-1. The number of hydrogen-bond acceptors (Lipinski definition) is 2. The molecule has 0 radical (unpaired) electrons. The van der Waals surface area contributed by atoms with E-state index in [1.165, 1.54) is 5.56 Å². The Morgan fingerprint density at radius 3 is 1.59 bits per heavy atom. The number of hydrogen-bond donors (Lipinski definition) is 4. The normalized spacial score (nSPS) is 7.24. The molecule has 1 rings (SSSR count). The van der Waals surface area contributed by atoms with Crippen molar-refractivity contribution < 1.29 is 62.4 Å². The number of carbonyl (C=O) groups is 2. The molecule has 0 aliphatic heterocycles. The van der Waals surface area contributed by atoms with Gasteiger partial charge < -0.3 is 12.9 Å². The molecule has 4 nitrogen and oxygen atoms in total. The Bertz CT molecular complexity index is 296. The first-order valence-corrected chi connectivity index (χ1v) is 5.30. The zero-order valence-corrected chi connectivity index (χ0v) is 14.9. The average Bonchev–Trinajstić information content (AvgIpc) is 2.17. The Balaban J connectivity index is -0.0000000860. The van der Waals surface area contributed by atoms with Crippen molar-refractivity contribution in [2.24, 2.45) is 11.5 Å². The van der Waals surface area contributed by atoms with E-state index in [9.17, 15) is 0 Å². The van der Waals surface area contributed by atoms with E-state index in [-0.39, 0.29) is 52.8 Å². The molecule has 0 aromatic heterocycles. The van der Waals surface area contributed by atoms with Gasteiger partial charge in [-0.1, -0.05) is 62.5 Å².